The van der Waals surface area contributed by atoms with Gasteiger partial charge in [0.2, 0.25) is 27.7 Å². The molecule has 0 spiro atoms. The van der Waals surface area contributed by atoms with Crippen molar-refractivity contribution in [2.75, 3.05) is 9.80 Å². The Bertz CT molecular complexity index is 1980. The molecule has 1 aliphatic heterocycles. The minimum atomic E-state index is -4.37. The molecule has 1 aromatic heterocycles. The van der Waals surface area contributed by atoms with Crippen LogP contribution in [0.4, 0.5) is 24.7 Å². The normalized spacial score (nSPS) is 18.2. The Hall–Kier alpha value is -4.52. The molecule has 0 bridgehead atoms. The van der Waals surface area contributed by atoms with Crippen molar-refractivity contribution in [2.24, 2.45) is 0 Å². The van der Waals surface area contributed by atoms with Crippen LogP contribution in [0.5, 0.6) is 0 Å². The molecule has 3 amide bonds. The van der Waals surface area contributed by atoms with Gasteiger partial charge in [0.25, 0.3) is 5.92 Å². The van der Waals surface area contributed by atoms with Crippen LogP contribution in [0, 0.1) is 17.1 Å². The number of alkyl halides is 2. The smallest absolute Gasteiger partial charge is 0.252 e. The van der Waals surface area contributed by atoms with Crippen molar-refractivity contribution >= 4 is 50.9 Å². The van der Waals surface area contributed by atoms with Crippen molar-refractivity contribution in [2.45, 2.75) is 87.4 Å². The molecule has 50 heavy (non-hydrogen) atoms. The molecule has 2 N–H and O–H groups in total. The fourth-order valence-electron chi connectivity index (χ4n) is 6.05. The van der Waals surface area contributed by atoms with Crippen molar-refractivity contribution in [1.29, 1.82) is 5.26 Å². The first-order valence-corrected chi connectivity index (χ1v) is 17.5. The molecule has 0 radical (unpaired) electrons. The van der Waals surface area contributed by atoms with Crippen LogP contribution in [0.2, 0.25) is 5.02 Å². The zero-order valence-electron chi connectivity index (χ0n) is 27.3. The number of sulfonamides is 1. The first-order valence-electron chi connectivity index (χ1n) is 15.6. The average molecular weight is 731 g/mol. The van der Waals surface area contributed by atoms with Crippen LogP contribution < -0.4 is 19.8 Å². The second-order valence-electron chi connectivity index (χ2n) is 13.3. The lowest BCUT2D eigenvalue weighted by atomic mass is 9.87. The van der Waals surface area contributed by atoms with Gasteiger partial charge in [-0.3, -0.25) is 24.2 Å². The lowest BCUT2D eigenvalue weighted by molar-refractivity contribution is -0.133. The van der Waals surface area contributed by atoms with E-state index < -0.39 is 81.4 Å². The van der Waals surface area contributed by atoms with Gasteiger partial charge < -0.3 is 5.32 Å². The zero-order chi connectivity index (χ0) is 36.6. The molecule has 2 aromatic carbocycles. The summed E-state index contributed by atoms with van der Waals surface area (Å²) in [5.41, 5.74) is -1.05. The summed E-state index contributed by atoms with van der Waals surface area (Å²) in [6, 6.07) is 9.96. The Morgan fingerprint density at radius 2 is 1.86 bits per heavy atom. The first kappa shape index (κ1) is 36.8. The van der Waals surface area contributed by atoms with Gasteiger partial charge in [0.1, 0.15) is 17.7 Å². The van der Waals surface area contributed by atoms with Crippen LogP contribution >= 0.6 is 11.6 Å². The highest BCUT2D eigenvalue weighted by molar-refractivity contribution is 7.89. The van der Waals surface area contributed by atoms with Gasteiger partial charge in [-0.05, 0) is 63.6 Å². The Labute approximate surface area is 292 Å². The number of rotatable bonds is 10. The fraction of sp³-hybridized carbons (Fsp3) is 0.382. The predicted octanol–water partition coefficient (Wildman–Crippen LogP) is 5.40. The second-order valence-corrected chi connectivity index (χ2v) is 15.4. The van der Waals surface area contributed by atoms with Gasteiger partial charge in [0, 0.05) is 65.8 Å². The van der Waals surface area contributed by atoms with Gasteiger partial charge in [-0.25, -0.2) is 31.3 Å². The monoisotopic (exact) mass is 730 g/mol. The minimum absolute atomic E-state index is 0.0122. The summed E-state index contributed by atoms with van der Waals surface area (Å²) in [5.74, 6) is -6.07. The first-order chi connectivity index (χ1) is 23.4. The molecule has 264 valence electrons. The van der Waals surface area contributed by atoms with Gasteiger partial charge >= 0.3 is 0 Å². The van der Waals surface area contributed by atoms with Gasteiger partial charge in [0.15, 0.2) is 0 Å². The number of aromatic nitrogens is 1. The maximum absolute atomic E-state index is 15.4. The van der Waals surface area contributed by atoms with Crippen molar-refractivity contribution < 1.29 is 36.0 Å². The molecule has 1 aliphatic carbocycles. The Morgan fingerprint density at radius 3 is 2.50 bits per heavy atom. The molecule has 2 fully saturated rings. The molecular weight excluding hydrogens is 697 g/mol. The molecule has 5 rings (SSSR count). The number of nitrogens with zero attached hydrogens (tertiary/aromatic N) is 4. The van der Waals surface area contributed by atoms with Gasteiger partial charge in [-0.15, -0.1) is 0 Å². The molecule has 1 saturated carbocycles. The SMILES string of the molecule is CC(C)(C)NS(=O)(=O)c1cc(F)cc(N(C(=O)C[C@@H]2CCC(=O)N2c2cc(C#N)ccn2)C(C(=O)NC2CC(F)(F)C2)c2ccccc2Cl)c1. The van der Waals surface area contributed by atoms with Crippen LogP contribution in [0.3, 0.4) is 0 Å². The number of carbonyl (C=O) groups excluding carboxylic acids is 3. The Morgan fingerprint density at radius 1 is 1.16 bits per heavy atom. The molecule has 11 nitrogen and oxygen atoms in total. The Balaban J connectivity index is 1.63. The highest BCUT2D eigenvalue weighted by Gasteiger charge is 2.47. The van der Waals surface area contributed by atoms with Crippen molar-refractivity contribution in [1.82, 2.24) is 15.0 Å². The van der Waals surface area contributed by atoms with Crippen LogP contribution in [0.25, 0.3) is 0 Å². The number of amides is 3. The molecule has 1 unspecified atom stereocenters. The van der Waals surface area contributed by atoms with Crippen molar-refractivity contribution in [3.63, 3.8) is 0 Å². The number of carbonyl (C=O) groups is 3. The number of pyridine rings is 1. The largest absolute Gasteiger partial charge is 0.351 e. The van der Waals surface area contributed by atoms with Crippen molar-refractivity contribution in [3.05, 3.63) is 82.8 Å². The highest BCUT2D eigenvalue weighted by Crippen LogP contribution is 2.40. The third-order valence-corrected chi connectivity index (χ3v) is 10.2. The number of hydrogen-bond donors (Lipinski definition) is 2. The molecule has 2 aliphatic rings. The molecular formula is C34H34ClF3N6O5S. The molecule has 2 heterocycles. The topological polar surface area (TPSA) is 153 Å². The third kappa shape index (κ3) is 8.26. The number of nitrogens with one attached hydrogen (secondary N) is 2. The molecule has 1 saturated heterocycles. The van der Waals surface area contributed by atoms with E-state index in [1.807, 2.05) is 6.07 Å². The van der Waals surface area contributed by atoms with E-state index in [1.165, 1.54) is 41.4 Å². The lowest BCUT2D eigenvalue weighted by Gasteiger charge is -2.38. The molecule has 3 aromatic rings. The van der Waals surface area contributed by atoms with Crippen LogP contribution in [-0.4, -0.2) is 54.7 Å². The predicted molar refractivity (Wildman–Crippen MR) is 178 cm³/mol. The standard InChI is InChI=1S/C34H34ClF3N6O5S/c1-33(2,3)42-50(48,49)25-14-21(36)13-24(15-25)44(30(46)16-23-8-9-29(45)43(23)28-12-20(19-39)10-11-40-28)31(26-6-4-5-7-27(26)35)32(47)41-22-17-34(37,38)18-22/h4-7,10-15,22-23,31,42H,8-9,16-18H2,1-3H3,(H,41,47)/t23-,31?/m0/s1. The number of nitriles is 1. The summed E-state index contributed by atoms with van der Waals surface area (Å²) in [7, 11) is -4.37. The number of benzene rings is 2. The van der Waals surface area contributed by atoms with E-state index in [1.54, 1.807) is 26.8 Å². The summed E-state index contributed by atoms with van der Waals surface area (Å²) < 4.78 is 72.1. The van der Waals surface area contributed by atoms with Crippen molar-refractivity contribution in [3.8, 4) is 6.07 Å². The second kappa shape index (κ2) is 14.0. The zero-order valence-corrected chi connectivity index (χ0v) is 28.9. The summed E-state index contributed by atoms with van der Waals surface area (Å²) >= 11 is 6.55. The Kier molecular flexibility index (Phi) is 10.3. The summed E-state index contributed by atoms with van der Waals surface area (Å²) in [4.78, 5) is 47.5. The molecule has 2 atom stereocenters. The number of hydrogen-bond acceptors (Lipinski definition) is 7. The summed E-state index contributed by atoms with van der Waals surface area (Å²) in [5, 5.41) is 11.9. The van der Waals surface area contributed by atoms with Crippen LogP contribution in [0.1, 0.15) is 70.0 Å². The average Bonchev–Trinajstić information content (AvgIpc) is 3.37. The summed E-state index contributed by atoms with van der Waals surface area (Å²) in [6.07, 6.45) is -0.199. The minimum Gasteiger partial charge on any atom is -0.351 e. The van der Waals surface area contributed by atoms with E-state index in [-0.39, 0.29) is 46.4 Å². The van der Waals surface area contributed by atoms with Gasteiger partial charge in [0.05, 0.1) is 16.5 Å². The highest BCUT2D eigenvalue weighted by atomic mass is 35.5. The van der Waals surface area contributed by atoms with Crippen LogP contribution in [-0.2, 0) is 24.4 Å². The number of anilines is 2. The van der Waals surface area contributed by atoms with Gasteiger partial charge in [-0.2, -0.15) is 5.26 Å². The van der Waals surface area contributed by atoms with E-state index in [2.05, 4.69) is 15.0 Å². The van der Waals surface area contributed by atoms with E-state index in [4.69, 9.17) is 11.6 Å². The van der Waals surface area contributed by atoms with E-state index in [9.17, 15) is 36.8 Å². The summed E-state index contributed by atoms with van der Waals surface area (Å²) in [6.45, 7) is 4.74. The van der Waals surface area contributed by atoms with E-state index >= 15 is 4.39 Å². The van der Waals surface area contributed by atoms with Gasteiger partial charge in [-0.1, -0.05) is 29.8 Å². The third-order valence-electron chi connectivity index (χ3n) is 8.15. The maximum atomic E-state index is 15.4. The maximum Gasteiger partial charge on any atom is 0.252 e. The van der Waals surface area contributed by atoms with Crippen LogP contribution in [0.15, 0.2) is 65.7 Å². The number of halogens is 4. The van der Waals surface area contributed by atoms with E-state index in [0.29, 0.717) is 0 Å². The fourth-order valence-corrected chi connectivity index (χ4v) is 7.76. The quantitative estimate of drug-likeness (QED) is 0.284. The lowest BCUT2D eigenvalue weighted by Crippen LogP contribution is -2.54. The van der Waals surface area contributed by atoms with E-state index in [0.717, 1.165) is 23.1 Å². The molecule has 16 heteroatoms.